The smallest absolute Gasteiger partial charge is 0.276 e. The first-order chi connectivity index (χ1) is 12.1. The predicted octanol–water partition coefficient (Wildman–Crippen LogP) is 3.74. The lowest BCUT2D eigenvalue weighted by molar-refractivity contribution is -0.385. The van der Waals surface area contributed by atoms with Gasteiger partial charge in [0.05, 0.1) is 10.5 Å². The van der Waals surface area contributed by atoms with E-state index in [0.717, 1.165) is 32.7 Å². The molecule has 0 aliphatic carbocycles. The third kappa shape index (κ3) is 4.25. The van der Waals surface area contributed by atoms with E-state index in [4.69, 9.17) is 0 Å². The number of hydrogen-bond acceptors (Lipinski definition) is 4. The quantitative estimate of drug-likeness (QED) is 0.616. The molecule has 1 aliphatic heterocycles. The average molecular weight is 337 g/mol. The van der Waals surface area contributed by atoms with E-state index < -0.39 is 0 Å². The molecule has 0 radical (unpaired) electrons. The number of anilines is 1. The highest BCUT2D eigenvalue weighted by molar-refractivity contribution is 5.60. The Balaban J connectivity index is 1.55. The number of hydrogen-bond donors (Lipinski definition) is 0. The first kappa shape index (κ1) is 17.2. The van der Waals surface area contributed by atoms with Crippen LogP contribution >= 0.6 is 0 Å². The van der Waals surface area contributed by atoms with Gasteiger partial charge in [-0.3, -0.25) is 15.0 Å². The molecule has 2 aromatic rings. The van der Waals surface area contributed by atoms with Crippen molar-refractivity contribution in [3.63, 3.8) is 0 Å². The van der Waals surface area contributed by atoms with Crippen LogP contribution in [0.15, 0.2) is 54.6 Å². The third-order valence-corrected chi connectivity index (χ3v) is 4.62. The van der Waals surface area contributed by atoms with E-state index in [1.165, 1.54) is 11.3 Å². The molecule has 1 heterocycles. The van der Waals surface area contributed by atoms with E-state index in [1.807, 2.05) is 18.2 Å². The molecule has 0 atom stereocenters. The summed E-state index contributed by atoms with van der Waals surface area (Å²) in [4.78, 5) is 15.5. The lowest BCUT2D eigenvalue weighted by atomic mass is 10.1. The highest BCUT2D eigenvalue weighted by atomic mass is 16.6. The van der Waals surface area contributed by atoms with E-state index >= 15 is 0 Å². The van der Waals surface area contributed by atoms with Gasteiger partial charge in [0.2, 0.25) is 0 Å². The van der Waals surface area contributed by atoms with Crippen molar-refractivity contribution in [2.24, 2.45) is 0 Å². The predicted molar refractivity (Wildman–Crippen MR) is 102 cm³/mol. The van der Waals surface area contributed by atoms with Gasteiger partial charge in [-0.05, 0) is 24.6 Å². The number of para-hydroxylation sites is 2. The Labute approximate surface area is 148 Å². The van der Waals surface area contributed by atoms with Crippen LogP contribution in [0.5, 0.6) is 0 Å². The SMILES string of the molecule is Cc1ccccc1N1CCN(C/C=C/c2ccccc2[N+](=O)[O-])CC1. The fourth-order valence-corrected chi connectivity index (χ4v) is 3.21. The molecule has 5 heteroatoms. The minimum absolute atomic E-state index is 0.156. The van der Waals surface area contributed by atoms with E-state index in [9.17, 15) is 10.1 Å². The van der Waals surface area contributed by atoms with Gasteiger partial charge >= 0.3 is 0 Å². The summed E-state index contributed by atoms with van der Waals surface area (Å²) in [6, 6.07) is 15.3. The second-order valence-electron chi connectivity index (χ2n) is 6.29. The molecule has 1 saturated heterocycles. The van der Waals surface area contributed by atoms with Crippen LogP contribution in [-0.4, -0.2) is 42.5 Å². The molecule has 0 spiro atoms. The van der Waals surface area contributed by atoms with Crippen molar-refractivity contribution in [2.75, 3.05) is 37.6 Å². The Morgan fingerprint density at radius 1 is 1.04 bits per heavy atom. The van der Waals surface area contributed by atoms with Crippen molar-refractivity contribution in [2.45, 2.75) is 6.92 Å². The first-order valence-corrected chi connectivity index (χ1v) is 8.58. The molecule has 0 amide bonds. The average Bonchev–Trinajstić information content (AvgIpc) is 2.63. The van der Waals surface area contributed by atoms with Crippen molar-refractivity contribution in [3.05, 3.63) is 75.8 Å². The largest absolute Gasteiger partial charge is 0.369 e. The van der Waals surface area contributed by atoms with Gasteiger partial charge in [-0.15, -0.1) is 0 Å². The molecule has 0 aromatic heterocycles. The minimum Gasteiger partial charge on any atom is -0.369 e. The van der Waals surface area contributed by atoms with Gasteiger partial charge < -0.3 is 4.90 Å². The molecule has 0 saturated carbocycles. The number of piperazine rings is 1. The molecule has 130 valence electrons. The van der Waals surface area contributed by atoms with E-state index in [0.29, 0.717) is 5.56 Å². The second kappa shape index (κ2) is 7.94. The van der Waals surface area contributed by atoms with Gasteiger partial charge in [0, 0.05) is 44.5 Å². The van der Waals surface area contributed by atoms with Crippen LogP contribution in [0.1, 0.15) is 11.1 Å². The molecule has 1 aliphatic rings. The van der Waals surface area contributed by atoms with E-state index in [2.05, 4.69) is 41.0 Å². The summed E-state index contributed by atoms with van der Waals surface area (Å²) in [7, 11) is 0. The molecular formula is C20H23N3O2. The summed E-state index contributed by atoms with van der Waals surface area (Å²) in [5.74, 6) is 0. The van der Waals surface area contributed by atoms with Gasteiger partial charge in [0.25, 0.3) is 5.69 Å². The Kier molecular flexibility index (Phi) is 5.46. The van der Waals surface area contributed by atoms with Crippen molar-refractivity contribution in [1.29, 1.82) is 0 Å². The lowest BCUT2D eigenvalue weighted by Gasteiger charge is -2.36. The van der Waals surface area contributed by atoms with Gasteiger partial charge in [-0.2, -0.15) is 0 Å². The molecule has 3 rings (SSSR count). The fourth-order valence-electron chi connectivity index (χ4n) is 3.21. The monoisotopic (exact) mass is 337 g/mol. The third-order valence-electron chi connectivity index (χ3n) is 4.62. The number of nitro benzene ring substituents is 1. The summed E-state index contributed by atoms with van der Waals surface area (Å²) in [6.07, 6.45) is 3.87. The molecular weight excluding hydrogens is 314 g/mol. The first-order valence-electron chi connectivity index (χ1n) is 8.58. The summed E-state index contributed by atoms with van der Waals surface area (Å²) in [5, 5.41) is 11.0. The zero-order chi connectivity index (χ0) is 17.6. The maximum atomic E-state index is 11.0. The maximum absolute atomic E-state index is 11.0. The van der Waals surface area contributed by atoms with Crippen LogP contribution < -0.4 is 4.90 Å². The summed E-state index contributed by atoms with van der Waals surface area (Å²) in [6.45, 7) is 6.96. The summed E-state index contributed by atoms with van der Waals surface area (Å²) >= 11 is 0. The Morgan fingerprint density at radius 2 is 1.72 bits per heavy atom. The molecule has 2 aromatic carbocycles. The van der Waals surface area contributed by atoms with Gasteiger partial charge in [0.1, 0.15) is 0 Å². The Hall–Kier alpha value is -2.66. The highest BCUT2D eigenvalue weighted by Crippen LogP contribution is 2.21. The highest BCUT2D eigenvalue weighted by Gasteiger charge is 2.17. The van der Waals surface area contributed by atoms with Crippen molar-refractivity contribution < 1.29 is 4.92 Å². The van der Waals surface area contributed by atoms with Gasteiger partial charge in [-0.25, -0.2) is 0 Å². The molecule has 25 heavy (non-hydrogen) atoms. The number of nitrogens with zero attached hydrogens (tertiary/aromatic N) is 3. The molecule has 5 nitrogen and oxygen atoms in total. The maximum Gasteiger partial charge on any atom is 0.276 e. The minimum atomic E-state index is -0.333. The van der Waals surface area contributed by atoms with Crippen molar-refractivity contribution >= 4 is 17.5 Å². The second-order valence-corrected chi connectivity index (χ2v) is 6.29. The van der Waals surface area contributed by atoms with E-state index in [1.54, 1.807) is 18.2 Å². The molecule has 0 N–H and O–H groups in total. The Morgan fingerprint density at radius 3 is 2.44 bits per heavy atom. The van der Waals surface area contributed by atoms with Crippen LogP contribution in [0, 0.1) is 17.0 Å². The van der Waals surface area contributed by atoms with E-state index in [-0.39, 0.29) is 10.6 Å². The standard InChI is InChI=1S/C20H23N3O2/c1-17-7-2-4-10-19(17)22-15-13-21(14-16-22)12-6-9-18-8-3-5-11-20(18)23(24)25/h2-11H,12-16H2,1H3/b9-6+. The van der Waals surface area contributed by atoms with Crippen LogP contribution in [0.4, 0.5) is 11.4 Å². The zero-order valence-corrected chi connectivity index (χ0v) is 14.5. The van der Waals surface area contributed by atoms with Crippen LogP contribution in [0.3, 0.4) is 0 Å². The fraction of sp³-hybridized carbons (Fsp3) is 0.300. The summed E-state index contributed by atoms with van der Waals surface area (Å²) < 4.78 is 0. The van der Waals surface area contributed by atoms with Crippen molar-refractivity contribution in [1.82, 2.24) is 4.90 Å². The number of aryl methyl sites for hydroxylation is 1. The van der Waals surface area contributed by atoms with Crippen LogP contribution in [-0.2, 0) is 0 Å². The number of nitro groups is 1. The lowest BCUT2D eigenvalue weighted by Crippen LogP contribution is -2.46. The molecule has 0 unspecified atom stereocenters. The van der Waals surface area contributed by atoms with Crippen LogP contribution in [0.2, 0.25) is 0 Å². The van der Waals surface area contributed by atoms with Gasteiger partial charge in [-0.1, -0.05) is 42.5 Å². The summed E-state index contributed by atoms with van der Waals surface area (Å²) in [5.41, 5.74) is 3.44. The van der Waals surface area contributed by atoms with Crippen molar-refractivity contribution in [3.8, 4) is 0 Å². The zero-order valence-electron chi connectivity index (χ0n) is 14.5. The normalized spacial score (nSPS) is 15.6. The number of rotatable bonds is 5. The van der Waals surface area contributed by atoms with Gasteiger partial charge in [0.15, 0.2) is 0 Å². The van der Waals surface area contributed by atoms with Crippen LogP contribution in [0.25, 0.3) is 6.08 Å². The molecule has 1 fully saturated rings. The Bertz CT molecular complexity index is 765. The topological polar surface area (TPSA) is 49.6 Å². The number of benzene rings is 2. The molecule has 0 bridgehead atoms.